The van der Waals surface area contributed by atoms with E-state index in [4.69, 9.17) is 10.5 Å². The molecule has 20 heavy (non-hydrogen) atoms. The van der Waals surface area contributed by atoms with E-state index < -0.39 is 0 Å². The molecular formula is C16H18N2O2. The molecule has 1 aromatic heterocycles. The van der Waals surface area contributed by atoms with Crippen LogP contribution in [0, 0.1) is 0 Å². The molecule has 1 aromatic carbocycles. The van der Waals surface area contributed by atoms with Crippen LogP contribution in [0.2, 0.25) is 0 Å². The van der Waals surface area contributed by atoms with Gasteiger partial charge in [-0.15, -0.1) is 0 Å². The summed E-state index contributed by atoms with van der Waals surface area (Å²) in [5.74, 6) is 0.792. The zero-order chi connectivity index (χ0) is 14.1. The van der Waals surface area contributed by atoms with Crippen molar-refractivity contribution in [2.45, 2.75) is 25.4 Å². The molecule has 1 aliphatic rings. The molecule has 2 aromatic rings. The Hall–Kier alpha value is -2.07. The monoisotopic (exact) mass is 270 g/mol. The first kappa shape index (κ1) is 12.9. The summed E-state index contributed by atoms with van der Waals surface area (Å²) in [5, 5.41) is 0. The number of nitrogens with two attached hydrogens (primary N) is 1. The minimum Gasteiger partial charge on any atom is -0.497 e. The lowest BCUT2D eigenvalue weighted by Gasteiger charge is -2.14. The number of methoxy groups -OCH3 is 1. The normalized spacial score (nSPS) is 14.3. The second-order valence-corrected chi connectivity index (χ2v) is 5.09. The zero-order valence-electron chi connectivity index (χ0n) is 11.5. The molecule has 0 aliphatic heterocycles. The molecule has 0 spiro atoms. The fourth-order valence-electron chi connectivity index (χ4n) is 2.46. The first-order chi connectivity index (χ1) is 9.74. The Bertz CT molecular complexity index is 687. The maximum atomic E-state index is 12.5. The van der Waals surface area contributed by atoms with Crippen molar-refractivity contribution in [2.24, 2.45) is 5.73 Å². The van der Waals surface area contributed by atoms with E-state index in [0.717, 1.165) is 29.8 Å². The molecule has 0 bridgehead atoms. The van der Waals surface area contributed by atoms with Crippen molar-refractivity contribution in [3.05, 3.63) is 52.3 Å². The highest BCUT2D eigenvalue weighted by Gasteiger charge is 2.27. The maximum Gasteiger partial charge on any atom is 0.255 e. The largest absolute Gasteiger partial charge is 0.497 e. The number of benzene rings is 1. The number of aromatic nitrogens is 1. The van der Waals surface area contributed by atoms with Gasteiger partial charge in [-0.1, -0.05) is 18.2 Å². The average molecular weight is 270 g/mol. The number of rotatable bonds is 4. The SMILES string of the molecule is COc1cccc(-c2ccc(CN)c(=O)n2C2CC2)c1. The molecule has 1 saturated carbocycles. The minimum absolute atomic E-state index is 0.0373. The summed E-state index contributed by atoms with van der Waals surface area (Å²) in [7, 11) is 1.64. The average Bonchev–Trinajstić information content (AvgIpc) is 3.31. The Morgan fingerprint density at radius 2 is 2.10 bits per heavy atom. The Labute approximate surface area is 117 Å². The lowest BCUT2D eigenvalue weighted by Crippen LogP contribution is -2.25. The van der Waals surface area contributed by atoms with Crippen LogP contribution >= 0.6 is 0 Å². The van der Waals surface area contributed by atoms with Crippen molar-refractivity contribution in [1.82, 2.24) is 4.57 Å². The number of hydrogen-bond acceptors (Lipinski definition) is 3. The lowest BCUT2D eigenvalue weighted by atomic mass is 10.1. The van der Waals surface area contributed by atoms with Crippen LogP contribution in [0.25, 0.3) is 11.3 Å². The van der Waals surface area contributed by atoms with Gasteiger partial charge in [-0.2, -0.15) is 0 Å². The van der Waals surface area contributed by atoms with E-state index in [9.17, 15) is 4.79 Å². The predicted octanol–water partition coefficient (Wildman–Crippen LogP) is 2.32. The second kappa shape index (κ2) is 5.13. The summed E-state index contributed by atoms with van der Waals surface area (Å²) in [6.45, 7) is 0.282. The van der Waals surface area contributed by atoms with Crippen molar-refractivity contribution in [1.29, 1.82) is 0 Å². The highest BCUT2D eigenvalue weighted by molar-refractivity contribution is 5.62. The fourth-order valence-corrected chi connectivity index (χ4v) is 2.46. The molecule has 1 fully saturated rings. The number of ether oxygens (including phenoxy) is 1. The van der Waals surface area contributed by atoms with Crippen molar-refractivity contribution in [3.63, 3.8) is 0 Å². The van der Waals surface area contributed by atoms with Crippen LogP contribution in [-0.2, 0) is 6.54 Å². The first-order valence-corrected chi connectivity index (χ1v) is 6.83. The third-order valence-electron chi connectivity index (χ3n) is 3.69. The fraction of sp³-hybridized carbons (Fsp3) is 0.312. The number of pyridine rings is 1. The van der Waals surface area contributed by atoms with Crippen LogP contribution in [-0.4, -0.2) is 11.7 Å². The molecule has 0 unspecified atom stereocenters. The van der Waals surface area contributed by atoms with Gasteiger partial charge in [0.05, 0.1) is 12.8 Å². The van der Waals surface area contributed by atoms with E-state index in [2.05, 4.69) is 0 Å². The molecule has 4 nitrogen and oxygen atoms in total. The summed E-state index contributed by atoms with van der Waals surface area (Å²) in [6, 6.07) is 11.9. The van der Waals surface area contributed by atoms with Crippen LogP contribution in [0.3, 0.4) is 0 Å². The van der Waals surface area contributed by atoms with Crippen LogP contribution in [0.1, 0.15) is 24.4 Å². The summed E-state index contributed by atoms with van der Waals surface area (Å²) >= 11 is 0. The molecule has 3 rings (SSSR count). The number of hydrogen-bond donors (Lipinski definition) is 1. The quantitative estimate of drug-likeness (QED) is 0.927. The molecule has 1 aliphatic carbocycles. The Morgan fingerprint density at radius 3 is 2.75 bits per heavy atom. The standard InChI is InChI=1S/C16H18N2O2/c1-20-14-4-2-3-11(9-14)15-8-5-12(10-17)16(19)18(15)13-6-7-13/h2-5,8-9,13H,6-7,10,17H2,1H3. The van der Waals surface area contributed by atoms with E-state index in [1.165, 1.54) is 0 Å². The highest BCUT2D eigenvalue weighted by Crippen LogP contribution is 2.37. The van der Waals surface area contributed by atoms with Gasteiger partial charge < -0.3 is 15.0 Å². The molecule has 4 heteroatoms. The van der Waals surface area contributed by atoms with Crippen LogP contribution in [0.15, 0.2) is 41.2 Å². The topological polar surface area (TPSA) is 57.2 Å². The van der Waals surface area contributed by atoms with Crippen molar-refractivity contribution < 1.29 is 4.74 Å². The maximum absolute atomic E-state index is 12.5. The van der Waals surface area contributed by atoms with E-state index in [-0.39, 0.29) is 12.1 Å². The molecular weight excluding hydrogens is 252 g/mol. The van der Waals surface area contributed by atoms with Crippen molar-refractivity contribution in [3.8, 4) is 17.0 Å². The van der Waals surface area contributed by atoms with Gasteiger partial charge in [-0.25, -0.2) is 0 Å². The van der Waals surface area contributed by atoms with Gasteiger partial charge in [0.25, 0.3) is 5.56 Å². The first-order valence-electron chi connectivity index (χ1n) is 6.83. The van der Waals surface area contributed by atoms with Crippen LogP contribution < -0.4 is 16.0 Å². The molecule has 104 valence electrons. The van der Waals surface area contributed by atoms with Gasteiger partial charge in [-0.05, 0) is 31.0 Å². The van der Waals surface area contributed by atoms with Gasteiger partial charge in [0, 0.05) is 23.7 Å². The van der Waals surface area contributed by atoms with E-state index >= 15 is 0 Å². The van der Waals surface area contributed by atoms with Crippen LogP contribution in [0.4, 0.5) is 0 Å². The van der Waals surface area contributed by atoms with Crippen LogP contribution in [0.5, 0.6) is 5.75 Å². The van der Waals surface area contributed by atoms with Gasteiger partial charge in [0.15, 0.2) is 0 Å². The van der Waals surface area contributed by atoms with Gasteiger partial charge in [0.1, 0.15) is 5.75 Å². The summed E-state index contributed by atoms with van der Waals surface area (Å²) in [5.41, 5.74) is 8.28. The summed E-state index contributed by atoms with van der Waals surface area (Å²) in [4.78, 5) is 12.5. The summed E-state index contributed by atoms with van der Waals surface area (Å²) in [6.07, 6.45) is 2.12. The molecule has 0 radical (unpaired) electrons. The number of nitrogens with zero attached hydrogens (tertiary/aromatic N) is 1. The molecule has 2 N–H and O–H groups in total. The highest BCUT2D eigenvalue weighted by atomic mass is 16.5. The third-order valence-corrected chi connectivity index (χ3v) is 3.69. The van der Waals surface area contributed by atoms with Gasteiger partial charge in [-0.3, -0.25) is 4.79 Å². The van der Waals surface area contributed by atoms with E-state index in [1.807, 2.05) is 41.0 Å². The Balaban J connectivity index is 2.17. The molecule has 0 amide bonds. The van der Waals surface area contributed by atoms with E-state index in [0.29, 0.717) is 11.6 Å². The molecule has 1 heterocycles. The third kappa shape index (κ3) is 2.23. The Kier molecular flexibility index (Phi) is 3.32. The minimum atomic E-state index is 0.0373. The molecule has 0 atom stereocenters. The van der Waals surface area contributed by atoms with E-state index in [1.54, 1.807) is 7.11 Å². The smallest absolute Gasteiger partial charge is 0.255 e. The van der Waals surface area contributed by atoms with Gasteiger partial charge in [0.2, 0.25) is 0 Å². The van der Waals surface area contributed by atoms with Crippen molar-refractivity contribution >= 4 is 0 Å². The summed E-state index contributed by atoms with van der Waals surface area (Å²) < 4.78 is 7.15. The Morgan fingerprint density at radius 1 is 1.30 bits per heavy atom. The second-order valence-electron chi connectivity index (χ2n) is 5.09. The zero-order valence-corrected chi connectivity index (χ0v) is 11.5. The molecule has 0 saturated heterocycles. The van der Waals surface area contributed by atoms with Gasteiger partial charge >= 0.3 is 0 Å². The van der Waals surface area contributed by atoms with Crippen molar-refractivity contribution in [2.75, 3.05) is 7.11 Å². The predicted molar refractivity (Wildman–Crippen MR) is 78.9 cm³/mol. The lowest BCUT2D eigenvalue weighted by molar-refractivity contribution is 0.415.